The standard InChI is InChI=1S/C24H29N3O5S2/c1-2-3-11-26-20(28)19(22-33-13-7-14-34-22)21(29)27(23(26)30)18-10-12-25(15-18)24(31)32-16-17-8-5-4-6-9-17/h4-6,8-9,18H,2-3,7,10-16H2,1H3. The Labute approximate surface area is 208 Å². The van der Waals surface area contributed by atoms with Crippen LogP contribution in [0, 0.1) is 0 Å². The lowest BCUT2D eigenvalue weighted by Gasteiger charge is -2.37. The van der Waals surface area contributed by atoms with Crippen LogP contribution in [0.25, 0.3) is 0 Å². The molecule has 0 N–H and O–H groups in total. The summed E-state index contributed by atoms with van der Waals surface area (Å²) in [5, 5.41) is 0. The van der Waals surface area contributed by atoms with Gasteiger partial charge >= 0.3 is 12.1 Å². The topological polar surface area (TPSA) is 87.2 Å². The lowest BCUT2D eigenvalue weighted by Crippen LogP contribution is -2.60. The maximum Gasteiger partial charge on any atom is 0.410 e. The number of hydrogen-bond acceptors (Lipinski definition) is 7. The zero-order chi connectivity index (χ0) is 24.1. The Morgan fingerprint density at radius 3 is 2.53 bits per heavy atom. The summed E-state index contributed by atoms with van der Waals surface area (Å²) in [6.07, 6.45) is 2.49. The van der Waals surface area contributed by atoms with Gasteiger partial charge in [0.2, 0.25) is 0 Å². The number of thioether (sulfide) groups is 2. The van der Waals surface area contributed by atoms with E-state index in [9.17, 15) is 19.2 Å². The third-order valence-electron chi connectivity index (χ3n) is 6.01. The number of carbonyl (C=O) groups is 4. The van der Waals surface area contributed by atoms with Crippen molar-refractivity contribution in [3.05, 3.63) is 45.7 Å². The fraction of sp³-hybridized carbons (Fsp3) is 0.500. The summed E-state index contributed by atoms with van der Waals surface area (Å²) in [5.41, 5.74) is 0.993. The highest BCUT2D eigenvalue weighted by Gasteiger charge is 2.48. The van der Waals surface area contributed by atoms with Crippen molar-refractivity contribution in [3.63, 3.8) is 0 Å². The van der Waals surface area contributed by atoms with Gasteiger partial charge in [-0.15, -0.1) is 23.5 Å². The molecule has 0 radical (unpaired) electrons. The molecular formula is C24H29N3O5S2. The molecule has 4 rings (SSSR count). The normalized spacial score (nSPS) is 21.5. The molecule has 3 heterocycles. The number of unbranched alkanes of at least 4 members (excludes halogenated alkanes) is 1. The third-order valence-corrected chi connectivity index (χ3v) is 8.64. The van der Waals surface area contributed by atoms with Crippen LogP contribution in [0.1, 0.15) is 38.2 Å². The molecule has 3 saturated heterocycles. The van der Waals surface area contributed by atoms with Gasteiger partial charge in [0.25, 0.3) is 11.8 Å². The Hall–Kier alpha value is -2.46. The highest BCUT2D eigenvalue weighted by atomic mass is 32.2. The SMILES string of the molecule is CCCCN1C(=O)C(=C2SCCCS2)C(=O)N(C2CCN(C(=O)OCc3ccccc3)C2)C1=O. The van der Waals surface area contributed by atoms with E-state index < -0.39 is 30.0 Å². The molecule has 0 bridgehead atoms. The zero-order valence-corrected chi connectivity index (χ0v) is 20.9. The highest BCUT2D eigenvalue weighted by molar-refractivity contribution is 8.22. The second kappa shape index (κ2) is 11.3. The number of benzene rings is 1. The van der Waals surface area contributed by atoms with Crippen molar-refractivity contribution < 1.29 is 23.9 Å². The van der Waals surface area contributed by atoms with Crippen molar-refractivity contribution in [2.75, 3.05) is 31.1 Å². The van der Waals surface area contributed by atoms with Gasteiger partial charge in [-0.2, -0.15) is 0 Å². The molecule has 182 valence electrons. The molecule has 0 saturated carbocycles. The number of ether oxygens (including phenoxy) is 1. The molecular weight excluding hydrogens is 474 g/mol. The molecule has 1 aromatic rings. The maximum atomic E-state index is 13.5. The average Bonchev–Trinajstić information content (AvgIpc) is 3.34. The van der Waals surface area contributed by atoms with Crippen LogP contribution >= 0.6 is 23.5 Å². The van der Waals surface area contributed by atoms with Crippen LogP contribution in [-0.4, -0.2) is 75.8 Å². The van der Waals surface area contributed by atoms with Gasteiger partial charge in [0, 0.05) is 19.6 Å². The summed E-state index contributed by atoms with van der Waals surface area (Å²) >= 11 is 3.02. The quantitative estimate of drug-likeness (QED) is 0.427. The Balaban J connectivity index is 1.50. The third kappa shape index (κ3) is 5.27. The maximum absolute atomic E-state index is 13.5. The van der Waals surface area contributed by atoms with E-state index in [2.05, 4.69) is 0 Å². The van der Waals surface area contributed by atoms with Gasteiger partial charge in [-0.1, -0.05) is 43.7 Å². The van der Waals surface area contributed by atoms with Crippen molar-refractivity contribution in [1.82, 2.24) is 14.7 Å². The van der Waals surface area contributed by atoms with Crippen LogP contribution in [0.5, 0.6) is 0 Å². The molecule has 34 heavy (non-hydrogen) atoms. The van der Waals surface area contributed by atoms with Crippen molar-refractivity contribution in [1.29, 1.82) is 0 Å². The number of barbiturate groups is 1. The van der Waals surface area contributed by atoms with Crippen LogP contribution in [-0.2, 0) is 20.9 Å². The summed E-state index contributed by atoms with van der Waals surface area (Å²) in [6, 6.07) is 8.34. The van der Waals surface area contributed by atoms with Crippen LogP contribution in [0.15, 0.2) is 40.1 Å². The van der Waals surface area contributed by atoms with E-state index in [1.165, 1.54) is 38.2 Å². The van der Waals surface area contributed by atoms with Gasteiger partial charge < -0.3 is 9.64 Å². The molecule has 1 aromatic carbocycles. The summed E-state index contributed by atoms with van der Waals surface area (Å²) in [7, 11) is 0. The minimum absolute atomic E-state index is 0.107. The predicted molar refractivity (Wildman–Crippen MR) is 132 cm³/mol. The predicted octanol–water partition coefficient (Wildman–Crippen LogP) is 4.07. The summed E-state index contributed by atoms with van der Waals surface area (Å²) in [5.74, 6) is 0.664. The largest absolute Gasteiger partial charge is 0.445 e. The molecule has 3 aliphatic heterocycles. The molecule has 0 aliphatic carbocycles. The van der Waals surface area contributed by atoms with Gasteiger partial charge in [0.05, 0.1) is 10.3 Å². The van der Waals surface area contributed by atoms with Crippen LogP contribution in [0.2, 0.25) is 0 Å². The molecule has 10 heteroatoms. The van der Waals surface area contributed by atoms with Gasteiger partial charge in [-0.25, -0.2) is 9.59 Å². The second-order valence-electron chi connectivity index (χ2n) is 8.41. The molecule has 3 fully saturated rings. The number of carbonyl (C=O) groups excluding carboxylic acids is 4. The van der Waals surface area contributed by atoms with Crippen molar-refractivity contribution in [2.45, 2.75) is 45.3 Å². The first-order valence-corrected chi connectivity index (χ1v) is 13.6. The number of likely N-dealkylation sites (tertiary alicyclic amines) is 1. The zero-order valence-electron chi connectivity index (χ0n) is 19.2. The number of amides is 5. The second-order valence-corrected chi connectivity index (χ2v) is 10.9. The summed E-state index contributed by atoms with van der Waals surface area (Å²) < 4.78 is 6.13. The molecule has 0 spiro atoms. The number of imide groups is 2. The number of urea groups is 1. The molecule has 5 amide bonds. The van der Waals surface area contributed by atoms with E-state index >= 15 is 0 Å². The fourth-order valence-electron chi connectivity index (χ4n) is 4.16. The number of nitrogens with zero attached hydrogens (tertiary/aromatic N) is 3. The van der Waals surface area contributed by atoms with Gasteiger partial charge in [-0.05, 0) is 36.3 Å². The van der Waals surface area contributed by atoms with E-state index in [1.807, 2.05) is 37.3 Å². The van der Waals surface area contributed by atoms with E-state index in [0.29, 0.717) is 23.6 Å². The number of rotatable bonds is 6. The van der Waals surface area contributed by atoms with Crippen LogP contribution in [0.4, 0.5) is 9.59 Å². The van der Waals surface area contributed by atoms with Crippen LogP contribution in [0.3, 0.4) is 0 Å². The van der Waals surface area contributed by atoms with E-state index in [4.69, 9.17) is 4.74 Å². The minimum atomic E-state index is -0.580. The Morgan fingerprint density at radius 1 is 1.09 bits per heavy atom. The van der Waals surface area contributed by atoms with Gasteiger partial charge in [0.1, 0.15) is 12.2 Å². The van der Waals surface area contributed by atoms with Gasteiger partial charge in [-0.3, -0.25) is 19.4 Å². The van der Waals surface area contributed by atoms with Crippen molar-refractivity contribution in [3.8, 4) is 0 Å². The first-order chi connectivity index (χ1) is 16.5. The molecule has 1 unspecified atom stereocenters. The van der Waals surface area contributed by atoms with Crippen LogP contribution < -0.4 is 0 Å². The van der Waals surface area contributed by atoms with Crippen molar-refractivity contribution >= 4 is 47.5 Å². The molecule has 3 aliphatic rings. The monoisotopic (exact) mass is 503 g/mol. The Bertz CT molecular complexity index is 976. The average molecular weight is 504 g/mol. The van der Waals surface area contributed by atoms with Crippen molar-refractivity contribution in [2.24, 2.45) is 0 Å². The number of hydrogen-bond donors (Lipinski definition) is 0. The highest BCUT2D eigenvalue weighted by Crippen LogP contribution is 2.40. The smallest absolute Gasteiger partial charge is 0.410 e. The molecule has 0 aromatic heterocycles. The minimum Gasteiger partial charge on any atom is -0.445 e. The van der Waals surface area contributed by atoms with E-state index in [-0.39, 0.29) is 25.3 Å². The molecule has 1 atom stereocenters. The lowest BCUT2D eigenvalue weighted by molar-refractivity contribution is -0.137. The van der Waals surface area contributed by atoms with E-state index in [0.717, 1.165) is 29.9 Å². The Morgan fingerprint density at radius 2 is 1.82 bits per heavy atom. The first kappa shape index (κ1) is 24.7. The Kier molecular flexibility index (Phi) is 8.20. The fourth-order valence-corrected chi connectivity index (χ4v) is 6.77. The van der Waals surface area contributed by atoms with E-state index in [1.54, 1.807) is 0 Å². The first-order valence-electron chi connectivity index (χ1n) is 11.7. The summed E-state index contributed by atoms with van der Waals surface area (Å²) in [6.45, 7) is 3.01. The summed E-state index contributed by atoms with van der Waals surface area (Å²) in [4.78, 5) is 56.5. The lowest BCUT2D eigenvalue weighted by atomic mass is 10.1. The molecule has 8 nitrogen and oxygen atoms in total. The van der Waals surface area contributed by atoms with Gasteiger partial charge in [0.15, 0.2) is 0 Å².